The van der Waals surface area contributed by atoms with Gasteiger partial charge in [0.1, 0.15) is 23.2 Å². The monoisotopic (exact) mass is 301 g/mol. The third-order valence-electron chi connectivity index (χ3n) is 2.48. The van der Waals surface area contributed by atoms with Crippen molar-refractivity contribution >= 4 is 11.6 Å². The highest BCUT2D eigenvalue weighted by Gasteiger charge is 2.35. The van der Waals surface area contributed by atoms with E-state index < -0.39 is 11.9 Å². The van der Waals surface area contributed by atoms with Gasteiger partial charge in [-0.05, 0) is 18.2 Å². The Kier molecular flexibility index (Phi) is 3.59. The van der Waals surface area contributed by atoms with Crippen molar-refractivity contribution < 1.29 is 17.9 Å². The summed E-state index contributed by atoms with van der Waals surface area (Å²) in [7, 11) is 1.35. The zero-order valence-corrected chi connectivity index (χ0v) is 10.8. The Balaban J connectivity index is 2.67. The topological polar surface area (TPSA) is 50.8 Å². The van der Waals surface area contributed by atoms with Crippen LogP contribution in [0.5, 0.6) is 5.75 Å². The number of alkyl halides is 3. The molecular formula is C12H7ClF3N3O. The molecule has 0 saturated heterocycles. The average Bonchev–Trinajstić information content (AvgIpc) is 2.82. The molecule has 2 rings (SSSR count). The van der Waals surface area contributed by atoms with E-state index in [-0.39, 0.29) is 22.2 Å². The second-order valence-electron chi connectivity index (χ2n) is 3.75. The summed E-state index contributed by atoms with van der Waals surface area (Å²) in [6, 6.07) is 6.69. The summed E-state index contributed by atoms with van der Waals surface area (Å²) in [5, 5.41) is 12.6. The molecule has 0 amide bonds. The van der Waals surface area contributed by atoms with Crippen molar-refractivity contribution in [2.24, 2.45) is 0 Å². The number of nitriles is 1. The first-order chi connectivity index (χ1) is 9.36. The van der Waals surface area contributed by atoms with Gasteiger partial charge in [-0.2, -0.15) is 23.5 Å². The van der Waals surface area contributed by atoms with Crippen LogP contribution in [0.3, 0.4) is 0 Å². The number of hydrogen-bond donors (Lipinski definition) is 0. The second kappa shape index (κ2) is 5.06. The number of nitrogens with zero attached hydrogens (tertiary/aromatic N) is 3. The quantitative estimate of drug-likeness (QED) is 0.854. The van der Waals surface area contributed by atoms with Gasteiger partial charge in [-0.15, -0.1) is 0 Å². The summed E-state index contributed by atoms with van der Waals surface area (Å²) >= 11 is 5.81. The molecule has 0 spiro atoms. The van der Waals surface area contributed by atoms with Crippen molar-refractivity contribution in [3.05, 3.63) is 40.7 Å². The number of hydrogen-bond acceptors (Lipinski definition) is 3. The molecule has 0 aliphatic rings. The Morgan fingerprint density at radius 1 is 1.35 bits per heavy atom. The summed E-state index contributed by atoms with van der Waals surface area (Å²) in [5.41, 5.74) is -1.26. The standard InChI is InChI=1S/C12H7ClF3N3O/c1-20-10-3-2-7(13)4-9(10)19-8(6-17)5-11(18-19)12(14,15)16/h2-5H,1H3. The van der Waals surface area contributed by atoms with Gasteiger partial charge in [0.2, 0.25) is 0 Å². The van der Waals surface area contributed by atoms with Crippen molar-refractivity contribution in [1.82, 2.24) is 9.78 Å². The van der Waals surface area contributed by atoms with Crippen LogP contribution in [-0.2, 0) is 6.18 Å². The van der Waals surface area contributed by atoms with Crippen LogP contribution in [0.1, 0.15) is 11.4 Å². The van der Waals surface area contributed by atoms with Crippen LogP contribution in [0.25, 0.3) is 5.69 Å². The number of ether oxygens (including phenoxy) is 1. The maximum atomic E-state index is 12.7. The summed E-state index contributed by atoms with van der Waals surface area (Å²) in [5.74, 6) is 0.253. The number of aromatic nitrogens is 2. The van der Waals surface area contributed by atoms with E-state index in [4.69, 9.17) is 21.6 Å². The highest BCUT2D eigenvalue weighted by atomic mass is 35.5. The summed E-state index contributed by atoms with van der Waals surface area (Å²) < 4.78 is 43.9. The Hall–Kier alpha value is -2.20. The maximum absolute atomic E-state index is 12.7. The molecule has 0 aliphatic carbocycles. The van der Waals surface area contributed by atoms with Crippen molar-refractivity contribution in [3.8, 4) is 17.5 Å². The average molecular weight is 302 g/mol. The fourth-order valence-electron chi connectivity index (χ4n) is 1.61. The Morgan fingerprint density at radius 2 is 2.05 bits per heavy atom. The first-order valence-corrected chi connectivity index (χ1v) is 5.66. The summed E-state index contributed by atoms with van der Waals surface area (Å²) in [6.07, 6.45) is -4.64. The third-order valence-corrected chi connectivity index (χ3v) is 2.72. The molecule has 1 heterocycles. The zero-order valence-electron chi connectivity index (χ0n) is 10.1. The normalized spacial score (nSPS) is 11.2. The van der Waals surface area contributed by atoms with Crippen molar-refractivity contribution in [1.29, 1.82) is 5.26 Å². The van der Waals surface area contributed by atoms with E-state index >= 15 is 0 Å². The number of methoxy groups -OCH3 is 1. The van der Waals surface area contributed by atoms with E-state index in [1.54, 1.807) is 6.07 Å². The molecule has 0 N–H and O–H groups in total. The SMILES string of the molecule is COc1ccc(Cl)cc1-n1nc(C(F)(F)F)cc1C#N. The lowest BCUT2D eigenvalue weighted by atomic mass is 10.3. The molecule has 0 atom stereocenters. The summed E-state index contributed by atoms with van der Waals surface area (Å²) in [6.45, 7) is 0. The molecule has 1 aromatic heterocycles. The van der Waals surface area contributed by atoms with Gasteiger partial charge in [0.05, 0.1) is 7.11 Å². The fourth-order valence-corrected chi connectivity index (χ4v) is 1.78. The molecular weight excluding hydrogens is 295 g/mol. The van der Waals surface area contributed by atoms with Crippen LogP contribution in [-0.4, -0.2) is 16.9 Å². The smallest absolute Gasteiger partial charge is 0.435 e. The third kappa shape index (κ3) is 2.56. The predicted octanol–water partition coefficient (Wildman–Crippen LogP) is 3.42. The highest BCUT2D eigenvalue weighted by Crippen LogP contribution is 2.32. The largest absolute Gasteiger partial charge is 0.494 e. The van der Waals surface area contributed by atoms with E-state index in [2.05, 4.69) is 5.10 Å². The Bertz CT molecular complexity index is 688. The molecule has 1 aromatic carbocycles. The Labute approximate surface area is 116 Å². The van der Waals surface area contributed by atoms with Crippen molar-refractivity contribution in [3.63, 3.8) is 0 Å². The van der Waals surface area contributed by atoms with Gasteiger partial charge in [0, 0.05) is 11.1 Å². The van der Waals surface area contributed by atoms with Gasteiger partial charge in [0.15, 0.2) is 5.69 Å². The molecule has 8 heteroatoms. The molecule has 104 valence electrons. The Morgan fingerprint density at radius 3 is 2.60 bits per heavy atom. The number of benzene rings is 1. The van der Waals surface area contributed by atoms with Crippen LogP contribution in [0, 0.1) is 11.3 Å². The van der Waals surface area contributed by atoms with Gasteiger partial charge in [-0.25, -0.2) is 4.68 Å². The minimum atomic E-state index is -4.64. The molecule has 20 heavy (non-hydrogen) atoms. The first-order valence-electron chi connectivity index (χ1n) is 5.28. The lowest BCUT2D eigenvalue weighted by molar-refractivity contribution is -0.141. The van der Waals surface area contributed by atoms with E-state index in [1.165, 1.54) is 25.3 Å². The minimum absolute atomic E-state index is 0.159. The molecule has 0 unspecified atom stereocenters. The van der Waals surface area contributed by atoms with E-state index in [1.807, 2.05) is 0 Å². The van der Waals surface area contributed by atoms with Gasteiger partial charge in [-0.1, -0.05) is 11.6 Å². The minimum Gasteiger partial charge on any atom is -0.494 e. The van der Waals surface area contributed by atoms with Crippen molar-refractivity contribution in [2.75, 3.05) is 7.11 Å². The lowest BCUT2D eigenvalue weighted by Gasteiger charge is -2.09. The second-order valence-corrected chi connectivity index (χ2v) is 4.19. The molecule has 0 aliphatic heterocycles. The van der Waals surface area contributed by atoms with E-state index in [0.717, 1.165) is 4.68 Å². The van der Waals surface area contributed by atoms with Crippen molar-refractivity contribution in [2.45, 2.75) is 6.18 Å². The van der Waals surface area contributed by atoms with Gasteiger partial charge >= 0.3 is 6.18 Å². The lowest BCUT2D eigenvalue weighted by Crippen LogP contribution is -2.08. The highest BCUT2D eigenvalue weighted by molar-refractivity contribution is 6.30. The number of halogens is 4. The van der Waals surface area contributed by atoms with Crippen LogP contribution in [0.4, 0.5) is 13.2 Å². The van der Waals surface area contributed by atoms with Crippen LogP contribution < -0.4 is 4.74 Å². The van der Waals surface area contributed by atoms with Crippen LogP contribution >= 0.6 is 11.6 Å². The van der Waals surface area contributed by atoms with Gasteiger partial charge < -0.3 is 4.74 Å². The molecule has 0 saturated carbocycles. The van der Waals surface area contributed by atoms with Gasteiger partial charge in [0.25, 0.3) is 0 Å². The molecule has 0 radical (unpaired) electrons. The zero-order chi connectivity index (χ0) is 14.9. The van der Waals surface area contributed by atoms with E-state index in [0.29, 0.717) is 6.07 Å². The molecule has 2 aromatic rings. The predicted molar refractivity (Wildman–Crippen MR) is 64.8 cm³/mol. The maximum Gasteiger partial charge on any atom is 0.435 e. The van der Waals surface area contributed by atoms with Crippen LogP contribution in [0.2, 0.25) is 5.02 Å². The summed E-state index contributed by atoms with van der Waals surface area (Å²) in [4.78, 5) is 0. The first kappa shape index (κ1) is 14.2. The van der Waals surface area contributed by atoms with Gasteiger partial charge in [-0.3, -0.25) is 0 Å². The molecule has 0 fully saturated rings. The van der Waals surface area contributed by atoms with Crippen LogP contribution in [0.15, 0.2) is 24.3 Å². The number of rotatable bonds is 2. The molecule has 4 nitrogen and oxygen atoms in total. The molecule has 0 bridgehead atoms. The fraction of sp³-hybridized carbons (Fsp3) is 0.167. The van der Waals surface area contributed by atoms with E-state index in [9.17, 15) is 13.2 Å².